The van der Waals surface area contributed by atoms with Crippen molar-refractivity contribution in [3.8, 4) is 0 Å². The molecule has 98 valence electrons. The second kappa shape index (κ2) is 5.82. The molecule has 1 atom stereocenters. The van der Waals surface area contributed by atoms with Gasteiger partial charge in [0.25, 0.3) is 5.69 Å². The van der Waals surface area contributed by atoms with Gasteiger partial charge in [-0.3, -0.25) is 10.1 Å². The summed E-state index contributed by atoms with van der Waals surface area (Å²) in [5.74, 6) is 0.609. The van der Waals surface area contributed by atoms with Crippen molar-refractivity contribution in [2.45, 2.75) is 19.8 Å². The van der Waals surface area contributed by atoms with Gasteiger partial charge < -0.3 is 10.6 Å². The molecular weight excluding hydrogens is 230 g/mol. The van der Waals surface area contributed by atoms with Crippen LogP contribution in [-0.2, 0) is 0 Å². The molecule has 0 radical (unpaired) electrons. The lowest BCUT2D eigenvalue weighted by atomic mass is 9.99. The van der Waals surface area contributed by atoms with Crippen LogP contribution in [-0.4, -0.2) is 24.6 Å². The normalized spacial score (nSPS) is 19.5. The molecule has 0 bridgehead atoms. The Kier molecular flexibility index (Phi) is 4.15. The second-order valence-corrected chi connectivity index (χ2v) is 4.80. The fourth-order valence-electron chi connectivity index (χ4n) is 2.37. The van der Waals surface area contributed by atoms with Gasteiger partial charge >= 0.3 is 0 Å². The largest absolute Gasteiger partial charge is 0.384 e. The van der Waals surface area contributed by atoms with Crippen molar-refractivity contribution in [2.75, 3.05) is 25.0 Å². The van der Waals surface area contributed by atoms with Gasteiger partial charge in [0, 0.05) is 23.9 Å². The van der Waals surface area contributed by atoms with Crippen LogP contribution >= 0.6 is 0 Å². The number of hydrogen-bond acceptors (Lipinski definition) is 4. The van der Waals surface area contributed by atoms with Crippen molar-refractivity contribution in [1.29, 1.82) is 0 Å². The van der Waals surface area contributed by atoms with E-state index in [0.717, 1.165) is 25.3 Å². The van der Waals surface area contributed by atoms with Gasteiger partial charge in [-0.05, 0) is 44.8 Å². The summed E-state index contributed by atoms with van der Waals surface area (Å²) in [6.45, 7) is 4.79. The van der Waals surface area contributed by atoms with Crippen molar-refractivity contribution < 1.29 is 4.92 Å². The van der Waals surface area contributed by atoms with Gasteiger partial charge in [-0.25, -0.2) is 0 Å². The van der Waals surface area contributed by atoms with Crippen LogP contribution in [0.4, 0.5) is 11.4 Å². The number of piperidine rings is 1. The molecule has 2 N–H and O–H groups in total. The number of nitro groups is 1. The highest BCUT2D eigenvalue weighted by Gasteiger charge is 2.15. The topological polar surface area (TPSA) is 67.2 Å². The molecular formula is C13H19N3O2. The van der Waals surface area contributed by atoms with Crippen LogP contribution in [0.25, 0.3) is 0 Å². The van der Waals surface area contributed by atoms with Crippen LogP contribution in [0.1, 0.15) is 18.4 Å². The Morgan fingerprint density at radius 1 is 1.56 bits per heavy atom. The molecule has 18 heavy (non-hydrogen) atoms. The Balaban J connectivity index is 2.00. The van der Waals surface area contributed by atoms with Gasteiger partial charge in [0.15, 0.2) is 0 Å². The molecule has 0 aromatic heterocycles. The van der Waals surface area contributed by atoms with Crippen LogP contribution in [0.2, 0.25) is 0 Å². The highest BCUT2D eigenvalue weighted by Crippen LogP contribution is 2.25. The number of hydrogen-bond donors (Lipinski definition) is 2. The van der Waals surface area contributed by atoms with Crippen LogP contribution < -0.4 is 10.6 Å². The first-order chi connectivity index (χ1) is 8.68. The number of benzene rings is 1. The minimum absolute atomic E-state index is 0.182. The predicted octanol–water partition coefficient (Wildman–Crippen LogP) is 2.31. The zero-order chi connectivity index (χ0) is 13.0. The average molecular weight is 249 g/mol. The molecule has 5 heteroatoms. The molecule has 0 amide bonds. The number of nitrogens with one attached hydrogen (secondary N) is 2. The summed E-state index contributed by atoms with van der Waals surface area (Å²) in [6, 6.07) is 5.17. The summed E-state index contributed by atoms with van der Waals surface area (Å²) in [5.41, 5.74) is 1.77. The smallest absolute Gasteiger partial charge is 0.274 e. The van der Waals surface area contributed by atoms with Gasteiger partial charge in [0.1, 0.15) is 0 Å². The summed E-state index contributed by atoms with van der Waals surface area (Å²) < 4.78 is 0. The third kappa shape index (κ3) is 2.98. The van der Waals surface area contributed by atoms with E-state index in [0.29, 0.717) is 11.5 Å². The number of nitrogens with zero attached hydrogens (tertiary/aromatic N) is 1. The van der Waals surface area contributed by atoms with Crippen LogP contribution in [0.3, 0.4) is 0 Å². The summed E-state index contributed by atoms with van der Waals surface area (Å²) in [7, 11) is 0. The molecule has 1 saturated heterocycles. The zero-order valence-electron chi connectivity index (χ0n) is 10.6. The Bertz CT molecular complexity index is 428. The van der Waals surface area contributed by atoms with E-state index in [9.17, 15) is 10.1 Å². The SMILES string of the molecule is Cc1c(NCC2CCCNC2)cccc1[N+](=O)[O-]. The van der Waals surface area contributed by atoms with Gasteiger partial charge in [-0.15, -0.1) is 0 Å². The van der Waals surface area contributed by atoms with Gasteiger partial charge in [0.05, 0.1) is 4.92 Å². The van der Waals surface area contributed by atoms with Crippen molar-refractivity contribution in [3.63, 3.8) is 0 Å². The van der Waals surface area contributed by atoms with E-state index >= 15 is 0 Å². The maximum Gasteiger partial charge on any atom is 0.274 e. The average Bonchev–Trinajstić information content (AvgIpc) is 2.38. The fourth-order valence-corrected chi connectivity index (χ4v) is 2.37. The van der Waals surface area contributed by atoms with Crippen molar-refractivity contribution in [1.82, 2.24) is 5.32 Å². The van der Waals surface area contributed by atoms with Gasteiger partial charge in [0.2, 0.25) is 0 Å². The molecule has 1 fully saturated rings. The number of anilines is 1. The first-order valence-corrected chi connectivity index (χ1v) is 6.37. The molecule has 1 aromatic carbocycles. The van der Waals surface area contributed by atoms with Crippen molar-refractivity contribution >= 4 is 11.4 Å². The lowest BCUT2D eigenvalue weighted by Crippen LogP contribution is -2.33. The van der Waals surface area contributed by atoms with Crippen LogP contribution in [0.5, 0.6) is 0 Å². The van der Waals surface area contributed by atoms with E-state index in [1.54, 1.807) is 19.1 Å². The maximum atomic E-state index is 10.8. The van der Waals surface area contributed by atoms with Gasteiger partial charge in [-0.2, -0.15) is 0 Å². The minimum Gasteiger partial charge on any atom is -0.384 e. The highest BCUT2D eigenvalue weighted by atomic mass is 16.6. The molecule has 0 spiro atoms. The van der Waals surface area contributed by atoms with Crippen molar-refractivity contribution in [3.05, 3.63) is 33.9 Å². The minimum atomic E-state index is -0.331. The molecule has 1 aliphatic rings. The molecule has 1 aliphatic heterocycles. The van der Waals surface area contributed by atoms with E-state index < -0.39 is 0 Å². The Morgan fingerprint density at radius 3 is 3.06 bits per heavy atom. The lowest BCUT2D eigenvalue weighted by Gasteiger charge is -2.23. The van der Waals surface area contributed by atoms with E-state index in [2.05, 4.69) is 10.6 Å². The maximum absolute atomic E-state index is 10.8. The summed E-state index contributed by atoms with van der Waals surface area (Å²) in [5, 5.41) is 17.5. The van der Waals surface area contributed by atoms with E-state index in [4.69, 9.17) is 0 Å². The molecule has 1 unspecified atom stereocenters. The molecule has 5 nitrogen and oxygen atoms in total. The standard InChI is InChI=1S/C13H19N3O2/c1-10-12(5-2-6-13(10)16(17)18)15-9-11-4-3-7-14-8-11/h2,5-6,11,14-15H,3-4,7-9H2,1H3. The summed E-state index contributed by atoms with van der Waals surface area (Å²) >= 11 is 0. The van der Waals surface area contributed by atoms with Gasteiger partial charge in [-0.1, -0.05) is 6.07 Å². The number of nitro benzene ring substituents is 1. The number of rotatable bonds is 4. The second-order valence-electron chi connectivity index (χ2n) is 4.80. The molecule has 2 rings (SSSR count). The lowest BCUT2D eigenvalue weighted by molar-refractivity contribution is -0.385. The zero-order valence-corrected chi connectivity index (χ0v) is 10.6. The van der Waals surface area contributed by atoms with Crippen molar-refractivity contribution in [2.24, 2.45) is 5.92 Å². The molecule has 1 aromatic rings. The summed E-state index contributed by atoms with van der Waals surface area (Å²) in [6.07, 6.45) is 2.42. The molecule has 0 aliphatic carbocycles. The first-order valence-electron chi connectivity index (χ1n) is 6.37. The van der Waals surface area contributed by atoms with E-state index in [-0.39, 0.29) is 10.6 Å². The first kappa shape index (κ1) is 12.8. The third-order valence-corrected chi connectivity index (χ3v) is 3.48. The highest BCUT2D eigenvalue weighted by molar-refractivity contribution is 5.59. The molecule has 1 heterocycles. The van der Waals surface area contributed by atoms with E-state index in [1.807, 2.05) is 6.07 Å². The monoisotopic (exact) mass is 249 g/mol. The molecule has 0 saturated carbocycles. The van der Waals surface area contributed by atoms with Crippen LogP contribution in [0, 0.1) is 23.0 Å². The van der Waals surface area contributed by atoms with Crippen LogP contribution in [0.15, 0.2) is 18.2 Å². The third-order valence-electron chi connectivity index (χ3n) is 3.48. The Labute approximate surface area is 107 Å². The fraction of sp³-hybridized carbons (Fsp3) is 0.538. The Morgan fingerprint density at radius 2 is 2.39 bits per heavy atom. The summed E-state index contributed by atoms with van der Waals surface area (Å²) in [4.78, 5) is 10.5. The Hall–Kier alpha value is -1.62. The predicted molar refractivity (Wildman–Crippen MR) is 71.9 cm³/mol. The van der Waals surface area contributed by atoms with E-state index in [1.165, 1.54) is 12.8 Å². The quantitative estimate of drug-likeness (QED) is 0.634.